The van der Waals surface area contributed by atoms with Crippen LogP contribution in [-0.2, 0) is 9.53 Å². The van der Waals surface area contributed by atoms with Gasteiger partial charge in [-0.2, -0.15) is 0 Å². The van der Waals surface area contributed by atoms with Crippen molar-refractivity contribution in [1.29, 1.82) is 0 Å². The van der Waals surface area contributed by atoms with E-state index in [1.165, 1.54) is 0 Å². The van der Waals surface area contributed by atoms with Crippen LogP contribution in [0.15, 0.2) is 0 Å². The third kappa shape index (κ3) is 5.53. The molecule has 0 unspecified atom stereocenters. The smallest absolute Gasteiger partial charge is 0.306 e. The van der Waals surface area contributed by atoms with Gasteiger partial charge in [-0.15, -0.1) is 0 Å². The Bertz CT molecular complexity index is 214. The third-order valence-electron chi connectivity index (χ3n) is 2.83. The molecule has 0 aliphatic carbocycles. The standard InChI is InChI=1S/C14H28O2/c1-10(2)16-12(15)9-11(13(3,4)5)14(6,7)8/h10-11H,9H2,1-8H3. The molecule has 0 radical (unpaired) electrons. The summed E-state index contributed by atoms with van der Waals surface area (Å²) in [6, 6.07) is 0. The second-order valence-corrected chi connectivity index (χ2v) is 7.03. The lowest BCUT2D eigenvalue weighted by atomic mass is 9.65. The monoisotopic (exact) mass is 228 g/mol. The molecule has 0 aromatic carbocycles. The van der Waals surface area contributed by atoms with Gasteiger partial charge in [0.25, 0.3) is 0 Å². The van der Waals surface area contributed by atoms with E-state index in [0.717, 1.165) is 0 Å². The summed E-state index contributed by atoms with van der Waals surface area (Å²) < 4.78 is 5.23. The molecule has 2 heteroatoms. The van der Waals surface area contributed by atoms with Crippen LogP contribution in [0.2, 0.25) is 0 Å². The second-order valence-electron chi connectivity index (χ2n) is 7.03. The lowest BCUT2D eigenvalue weighted by Crippen LogP contribution is -2.35. The molecule has 0 aromatic heterocycles. The van der Waals surface area contributed by atoms with Gasteiger partial charge < -0.3 is 4.74 Å². The molecule has 2 nitrogen and oxygen atoms in total. The SMILES string of the molecule is CC(C)OC(=O)CC(C(C)(C)C)C(C)(C)C. The van der Waals surface area contributed by atoms with Gasteiger partial charge in [0.15, 0.2) is 0 Å². The molecular weight excluding hydrogens is 200 g/mol. The van der Waals surface area contributed by atoms with Crippen LogP contribution in [0.25, 0.3) is 0 Å². The maximum atomic E-state index is 11.7. The first-order chi connectivity index (χ1) is 6.94. The Kier molecular flexibility index (Phi) is 5.03. The van der Waals surface area contributed by atoms with E-state index in [1.807, 2.05) is 13.8 Å². The van der Waals surface area contributed by atoms with Crippen molar-refractivity contribution in [2.24, 2.45) is 16.7 Å². The summed E-state index contributed by atoms with van der Waals surface area (Å²) in [6.07, 6.45) is 0.485. The summed E-state index contributed by atoms with van der Waals surface area (Å²) >= 11 is 0. The van der Waals surface area contributed by atoms with Crippen molar-refractivity contribution in [3.05, 3.63) is 0 Å². The lowest BCUT2D eigenvalue weighted by Gasteiger charge is -2.40. The average molecular weight is 228 g/mol. The highest BCUT2D eigenvalue weighted by molar-refractivity contribution is 5.70. The molecule has 0 amide bonds. The van der Waals surface area contributed by atoms with Crippen LogP contribution in [0.3, 0.4) is 0 Å². The summed E-state index contributed by atoms with van der Waals surface area (Å²) in [5.74, 6) is 0.246. The largest absolute Gasteiger partial charge is 0.463 e. The lowest BCUT2D eigenvalue weighted by molar-refractivity contribution is -0.151. The van der Waals surface area contributed by atoms with E-state index >= 15 is 0 Å². The van der Waals surface area contributed by atoms with E-state index in [1.54, 1.807) is 0 Å². The van der Waals surface area contributed by atoms with Crippen molar-refractivity contribution in [2.75, 3.05) is 0 Å². The Morgan fingerprint density at radius 3 is 1.62 bits per heavy atom. The van der Waals surface area contributed by atoms with E-state index < -0.39 is 0 Å². The highest BCUT2D eigenvalue weighted by Gasteiger charge is 2.36. The number of esters is 1. The molecule has 16 heavy (non-hydrogen) atoms. The van der Waals surface area contributed by atoms with Gasteiger partial charge in [0.2, 0.25) is 0 Å². The predicted octanol–water partition coefficient (Wildman–Crippen LogP) is 4.04. The van der Waals surface area contributed by atoms with E-state index in [-0.39, 0.29) is 22.9 Å². The van der Waals surface area contributed by atoms with Crippen LogP contribution in [0.5, 0.6) is 0 Å². The molecule has 0 fully saturated rings. The molecule has 0 atom stereocenters. The van der Waals surface area contributed by atoms with Gasteiger partial charge >= 0.3 is 5.97 Å². The highest BCUT2D eigenvalue weighted by atomic mass is 16.5. The van der Waals surface area contributed by atoms with Crippen LogP contribution >= 0.6 is 0 Å². The van der Waals surface area contributed by atoms with E-state index in [4.69, 9.17) is 4.74 Å². The molecule has 0 saturated heterocycles. The molecular formula is C14H28O2. The van der Waals surface area contributed by atoms with Crippen molar-refractivity contribution in [3.8, 4) is 0 Å². The number of carbonyl (C=O) groups is 1. The summed E-state index contributed by atoms with van der Waals surface area (Å²) in [5, 5.41) is 0. The first-order valence-electron chi connectivity index (χ1n) is 6.14. The van der Waals surface area contributed by atoms with Gasteiger partial charge in [-0.1, -0.05) is 41.5 Å². The molecule has 0 aromatic rings. The first kappa shape index (κ1) is 15.5. The normalized spacial score (nSPS) is 13.4. The maximum Gasteiger partial charge on any atom is 0.306 e. The molecule has 0 spiro atoms. The quantitative estimate of drug-likeness (QED) is 0.681. The number of hydrogen-bond acceptors (Lipinski definition) is 2. The zero-order chi connectivity index (χ0) is 13.1. The Morgan fingerprint density at radius 2 is 1.38 bits per heavy atom. The summed E-state index contributed by atoms with van der Waals surface area (Å²) in [5.41, 5.74) is 0.239. The van der Waals surface area contributed by atoms with Gasteiger partial charge in [-0.3, -0.25) is 4.79 Å². The molecule has 0 aliphatic rings. The van der Waals surface area contributed by atoms with Gasteiger partial charge in [0.1, 0.15) is 0 Å². The minimum atomic E-state index is -0.0788. The molecule has 96 valence electrons. The molecule has 0 saturated carbocycles. The molecule has 0 bridgehead atoms. The van der Waals surface area contributed by atoms with Gasteiger partial charge in [-0.05, 0) is 30.6 Å². The van der Waals surface area contributed by atoms with Gasteiger partial charge in [0, 0.05) is 6.42 Å². The summed E-state index contributed by atoms with van der Waals surface area (Å²) in [7, 11) is 0. The predicted molar refractivity (Wildman–Crippen MR) is 68.2 cm³/mol. The fourth-order valence-electron chi connectivity index (χ4n) is 2.39. The zero-order valence-corrected chi connectivity index (χ0v) is 12.2. The molecule has 0 heterocycles. The number of rotatable bonds is 3. The third-order valence-corrected chi connectivity index (χ3v) is 2.83. The molecule has 0 rings (SSSR count). The van der Waals surface area contributed by atoms with Gasteiger partial charge in [0.05, 0.1) is 6.10 Å². The number of ether oxygens (including phenoxy) is 1. The van der Waals surface area contributed by atoms with E-state index in [9.17, 15) is 4.79 Å². The van der Waals surface area contributed by atoms with Crippen molar-refractivity contribution in [1.82, 2.24) is 0 Å². The average Bonchev–Trinajstić information content (AvgIpc) is 1.94. The van der Waals surface area contributed by atoms with Gasteiger partial charge in [-0.25, -0.2) is 0 Å². The first-order valence-corrected chi connectivity index (χ1v) is 6.14. The minimum Gasteiger partial charge on any atom is -0.463 e. The van der Waals surface area contributed by atoms with Crippen LogP contribution < -0.4 is 0 Å². The Balaban J connectivity index is 4.65. The van der Waals surface area contributed by atoms with Crippen LogP contribution in [0.4, 0.5) is 0 Å². The second kappa shape index (κ2) is 5.20. The van der Waals surface area contributed by atoms with Crippen molar-refractivity contribution in [2.45, 2.75) is 67.9 Å². The highest BCUT2D eigenvalue weighted by Crippen LogP contribution is 2.42. The van der Waals surface area contributed by atoms with Crippen molar-refractivity contribution < 1.29 is 9.53 Å². The van der Waals surface area contributed by atoms with Crippen LogP contribution in [0.1, 0.15) is 61.8 Å². The zero-order valence-electron chi connectivity index (χ0n) is 12.2. The minimum absolute atomic E-state index is 0.0203. The van der Waals surface area contributed by atoms with Crippen LogP contribution in [0, 0.1) is 16.7 Å². The fraction of sp³-hybridized carbons (Fsp3) is 0.929. The topological polar surface area (TPSA) is 26.3 Å². The number of carbonyl (C=O) groups excluding carboxylic acids is 1. The Hall–Kier alpha value is -0.530. The fourth-order valence-corrected chi connectivity index (χ4v) is 2.39. The molecule has 0 N–H and O–H groups in total. The Labute approximate surface area is 101 Å². The summed E-state index contributed by atoms with van der Waals surface area (Å²) in [4.78, 5) is 11.7. The van der Waals surface area contributed by atoms with E-state index in [2.05, 4.69) is 41.5 Å². The van der Waals surface area contributed by atoms with E-state index in [0.29, 0.717) is 12.3 Å². The van der Waals surface area contributed by atoms with Crippen molar-refractivity contribution in [3.63, 3.8) is 0 Å². The summed E-state index contributed by atoms with van der Waals surface area (Å²) in [6.45, 7) is 16.9. The molecule has 0 aliphatic heterocycles. The van der Waals surface area contributed by atoms with Crippen molar-refractivity contribution >= 4 is 5.97 Å². The Morgan fingerprint density at radius 1 is 1.00 bits per heavy atom. The maximum absolute atomic E-state index is 11.7. The number of hydrogen-bond donors (Lipinski definition) is 0. The van der Waals surface area contributed by atoms with Crippen LogP contribution in [-0.4, -0.2) is 12.1 Å².